The molecule has 2 amide bonds. The van der Waals surface area contributed by atoms with Crippen molar-refractivity contribution in [3.8, 4) is 0 Å². The Kier molecular flexibility index (Phi) is 5.92. The van der Waals surface area contributed by atoms with Gasteiger partial charge in [-0.1, -0.05) is 25.1 Å². The molecule has 0 bridgehead atoms. The Morgan fingerprint density at radius 3 is 2.54 bits per heavy atom. The van der Waals surface area contributed by atoms with E-state index < -0.39 is 5.97 Å². The largest absolute Gasteiger partial charge is 0.452 e. The van der Waals surface area contributed by atoms with Crippen LogP contribution in [0.1, 0.15) is 41.4 Å². The van der Waals surface area contributed by atoms with Gasteiger partial charge in [0.25, 0.3) is 5.91 Å². The van der Waals surface area contributed by atoms with Crippen molar-refractivity contribution < 1.29 is 19.1 Å². The van der Waals surface area contributed by atoms with Crippen molar-refractivity contribution in [3.63, 3.8) is 0 Å². The summed E-state index contributed by atoms with van der Waals surface area (Å²) < 4.78 is 5.33. The van der Waals surface area contributed by atoms with Gasteiger partial charge in [0.15, 0.2) is 6.61 Å². The third kappa shape index (κ3) is 3.98. The number of nitrogens with zero attached hydrogens (tertiary/aromatic N) is 2. The number of rotatable bonds is 5. The highest BCUT2D eigenvalue weighted by Gasteiger charge is 2.27. The van der Waals surface area contributed by atoms with Gasteiger partial charge in [-0.2, -0.15) is 0 Å². The normalized spacial score (nSPS) is 14.9. The second-order valence-electron chi connectivity index (χ2n) is 7.06. The van der Waals surface area contributed by atoms with E-state index in [2.05, 4.69) is 4.98 Å². The first kappa shape index (κ1) is 19.8. The van der Waals surface area contributed by atoms with E-state index in [1.807, 2.05) is 38.1 Å². The Morgan fingerprint density at radius 2 is 1.89 bits per heavy atom. The summed E-state index contributed by atoms with van der Waals surface area (Å²) in [4.78, 5) is 42.5. The van der Waals surface area contributed by atoms with E-state index in [1.165, 1.54) is 0 Å². The third-order valence-electron chi connectivity index (χ3n) is 5.34. The van der Waals surface area contributed by atoms with Crippen molar-refractivity contribution in [2.75, 3.05) is 19.7 Å². The van der Waals surface area contributed by atoms with Crippen LogP contribution in [0.25, 0.3) is 10.9 Å². The molecular formula is C21H25N3O4. The molecule has 2 N–H and O–H groups in total. The lowest BCUT2D eigenvalue weighted by molar-refractivity contribution is -0.137. The SMILES string of the molecule is CCc1nc2ccccc2c(C)c1C(=O)OCC(=O)N1CCC(C(N)=O)CC1. The number of carbonyl (C=O) groups is 3. The summed E-state index contributed by atoms with van der Waals surface area (Å²) >= 11 is 0. The average molecular weight is 383 g/mol. The van der Waals surface area contributed by atoms with Gasteiger partial charge in [0, 0.05) is 24.4 Å². The summed E-state index contributed by atoms with van der Waals surface area (Å²) in [6.45, 7) is 4.37. The smallest absolute Gasteiger partial charge is 0.340 e. The number of hydrogen-bond donors (Lipinski definition) is 1. The van der Waals surface area contributed by atoms with E-state index in [0.717, 1.165) is 16.5 Å². The first-order chi connectivity index (χ1) is 13.4. The van der Waals surface area contributed by atoms with Crippen LogP contribution in [0.5, 0.6) is 0 Å². The fourth-order valence-electron chi connectivity index (χ4n) is 3.67. The predicted octanol–water partition coefficient (Wildman–Crippen LogP) is 1.99. The lowest BCUT2D eigenvalue weighted by Crippen LogP contribution is -2.43. The summed E-state index contributed by atoms with van der Waals surface area (Å²) in [5, 5.41) is 0.895. The maximum Gasteiger partial charge on any atom is 0.340 e. The van der Waals surface area contributed by atoms with Crippen LogP contribution >= 0.6 is 0 Å². The highest BCUT2D eigenvalue weighted by molar-refractivity contribution is 5.99. The minimum atomic E-state index is -0.534. The topological polar surface area (TPSA) is 103 Å². The standard InChI is InChI=1S/C21H25N3O4/c1-3-16-19(13(2)15-6-4-5-7-17(15)23-16)21(27)28-12-18(25)24-10-8-14(9-11-24)20(22)26/h4-7,14H,3,8-12H2,1-2H3,(H2,22,26). The number of aryl methyl sites for hydroxylation is 2. The fraction of sp³-hybridized carbons (Fsp3) is 0.429. The lowest BCUT2D eigenvalue weighted by atomic mass is 9.96. The quantitative estimate of drug-likeness (QED) is 0.796. The molecule has 7 nitrogen and oxygen atoms in total. The Balaban J connectivity index is 1.69. The Morgan fingerprint density at radius 1 is 1.21 bits per heavy atom. The molecule has 1 aliphatic rings. The zero-order valence-electron chi connectivity index (χ0n) is 16.2. The van der Waals surface area contributed by atoms with Crippen molar-refractivity contribution in [2.24, 2.45) is 11.7 Å². The van der Waals surface area contributed by atoms with Crippen LogP contribution in [0.3, 0.4) is 0 Å². The zero-order valence-corrected chi connectivity index (χ0v) is 16.2. The molecule has 1 aromatic heterocycles. The fourth-order valence-corrected chi connectivity index (χ4v) is 3.67. The molecule has 28 heavy (non-hydrogen) atoms. The molecule has 2 aromatic rings. The van der Waals surface area contributed by atoms with Crippen LogP contribution < -0.4 is 5.73 Å². The number of primary amides is 1. The highest BCUT2D eigenvalue weighted by Crippen LogP contribution is 2.24. The van der Waals surface area contributed by atoms with Crippen LogP contribution in [-0.2, 0) is 20.7 Å². The number of carbonyl (C=O) groups excluding carboxylic acids is 3. The molecule has 2 heterocycles. The second kappa shape index (κ2) is 8.37. The number of ether oxygens (including phenoxy) is 1. The number of hydrogen-bond acceptors (Lipinski definition) is 5. The Hall–Kier alpha value is -2.96. The number of esters is 1. The molecule has 3 rings (SSSR count). The number of benzene rings is 1. The Labute approximate surface area is 163 Å². The molecule has 7 heteroatoms. The number of likely N-dealkylation sites (tertiary alicyclic amines) is 1. The second-order valence-corrected chi connectivity index (χ2v) is 7.06. The van der Waals surface area contributed by atoms with Gasteiger partial charge in [-0.3, -0.25) is 14.6 Å². The van der Waals surface area contributed by atoms with Crippen molar-refractivity contribution >= 4 is 28.7 Å². The van der Waals surface area contributed by atoms with Crippen molar-refractivity contribution in [3.05, 3.63) is 41.1 Å². The van der Waals surface area contributed by atoms with E-state index in [9.17, 15) is 14.4 Å². The molecule has 0 spiro atoms. The molecule has 148 valence electrons. The van der Waals surface area contributed by atoms with Crippen molar-refractivity contribution in [2.45, 2.75) is 33.1 Å². The minimum Gasteiger partial charge on any atom is -0.452 e. The van der Waals surface area contributed by atoms with Crippen molar-refractivity contribution in [1.82, 2.24) is 9.88 Å². The van der Waals surface area contributed by atoms with E-state index >= 15 is 0 Å². The summed E-state index contributed by atoms with van der Waals surface area (Å²) in [7, 11) is 0. The number of para-hydroxylation sites is 1. The van der Waals surface area contributed by atoms with Crippen LogP contribution in [0.2, 0.25) is 0 Å². The average Bonchev–Trinajstić information content (AvgIpc) is 2.71. The van der Waals surface area contributed by atoms with Gasteiger partial charge < -0.3 is 15.4 Å². The zero-order chi connectivity index (χ0) is 20.3. The molecule has 0 aliphatic carbocycles. The van der Waals surface area contributed by atoms with Crippen LogP contribution in [0.15, 0.2) is 24.3 Å². The number of aromatic nitrogens is 1. The molecule has 1 aromatic carbocycles. The molecule has 0 saturated carbocycles. The molecule has 1 aliphatic heterocycles. The number of pyridine rings is 1. The van der Waals surface area contributed by atoms with Gasteiger partial charge in [0.1, 0.15) is 0 Å². The van der Waals surface area contributed by atoms with Gasteiger partial charge in [-0.15, -0.1) is 0 Å². The van der Waals surface area contributed by atoms with Crippen LogP contribution in [-0.4, -0.2) is 47.4 Å². The summed E-state index contributed by atoms with van der Waals surface area (Å²) in [6.07, 6.45) is 1.68. The monoisotopic (exact) mass is 383 g/mol. The molecule has 1 saturated heterocycles. The maximum absolute atomic E-state index is 12.7. The predicted molar refractivity (Wildman–Crippen MR) is 105 cm³/mol. The third-order valence-corrected chi connectivity index (χ3v) is 5.34. The summed E-state index contributed by atoms with van der Waals surface area (Å²) in [6, 6.07) is 7.64. The molecule has 0 unspecified atom stereocenters. The van der Waals surface area contributed by atoms with E-state index in [-0.39, 0.29) is 24.3 Å². The number of piperidine rings is 1. The van der Waals surface area contributed by atoms with E-state index in [4.69, 9.17) is 10.5 Å². The summed E-state index contributed by atoms with van der Waals surface area (Å²) in [5.41, 5.74) is 8.05. The molecule has 1 fully saturated rings. The molecule has 0 atom stereocenters. The van der Waals surface area contributed by atoms with Gasteiger partial charge in [-0.05, 0) is 37.8 Å². The number of nitrogens with two attached hydrogens (primary N) is 1. The van der Waals surface area contributed by atoms with E-state index in [1.54, 1.807) is 4.90 Å². The van der Waals surface area contributed by atoms with Gasteiger partial charge in [0.05, 0.1) is 16.8 Å². The van der Waals surface area contributed by atoms with Gasteiger partial charge in [0.2, 0.25) is 5.91 Å². The van der Waals surface area contributed by atoms with E-state index in [0.29, 0.717) is 43.6 Å². The highest BCUT2D eigenvalue weighted by atomic mass is 16.5. The molecular weight excluding hydrogens is 358 g/mol. The first-order valence-corrected chi connectivity index (χ1v) is 9.54. The Bertz CT molecular complexity index is 917. The van der Waals surface area contributed by atoms with Crippen LogP contribution in [0, 0.1) is 12.8 Å². The molecule has 0 radical (unpaired) electrons. The first-order valence-electron chi connectivity index (χ1n) is 9.54. The van der Waals surface area contributed by atoms with Crippen LogP contribution in [0.4, 0.5) is 0 Å². The number of amides is 2. The summed E-state index contributed by atoms with van der Waals surface area (Å²) in [5.74, 6) is -1.32. The number of fused-ring (bicyclic) bond motifs is 1. The maximum atomic E-state index is 12.7. The lowest BCUT2D eigenvalue weighted by Gasteiger charge is -2.30. The van der Waals surface area contributed by atoms with Gasteiger partial charge >= 0.3 is 5.97 Å². The van der Waals surface area contributed by atoms with Gasteiger partial charge in [-0.25, -0.2) is 4.79 Å². The van der Waals surface area contributed by atoms with Crippen molar-refractivity contribution in [1.29, 1.82) is 0 Å². The minimum absolute atomic E-state index is 0.190.